The van der Waals surface area contributed by atoms with Crippen molar-refractivity contribution in [1.29, 1.82) is 0 Å². The molecule has 0 aromatic heterocycles. The molecule has 1 aliphatic carbocycles. The zero-order valence-electron chi connectivity index (χ0n) is 9.50. The van der Waals surface area contributed by atoms with Crippen LogP contribution in [0.5, 0.6) is 0 Å². The average Bonchev–Trinajstić information content (AvgIpc) is 2.66. The number of aryl methyl sites for hydroxylation is 1. The van der Waals surface area contributed by atoms with E-state index < -0.39 is 6.03 Å². The second-order valence-electron chi connectivity index (χ2n) is 4.18. The van der Waals surface area contributed by atoms with Crippen molar-refractivity contribution in [2.24, 2.45) is 5.73 Å². The van der Waals surface area contributed by atoms with Gasteiger partial charge in [-0.2, -0.15) is 0 Å². The fourth-order valence-corrected chi connectivity index (χ4v) is 2.23. The van der Waals surface area contributed by atoms with Crippen molar-refractivity contribution in [3.8, 4) is 0 Å². The Labute approximate surface area is 99.4 Å². The van der Waals surface area contributed by atoms with Crippen molar-refractivity contribution in [2.75, 3.05) is 13.1 Å². The molecule has 1 unspecified atom stereocenters. The molecule has 2 rings (SSSR count). The summed E-state index contributed by atoms with van der Waals surface area (Å²) in [5, 5.41) is 5.84. The van der Waals surface area contributed by atoms with E-state index >= 15 is 0 Å². The maximum atomic E-state index is 13.0. The number of hydrogen-bond acceptors (Lipinski definition) is 2. The van der Waals surface area contributed by atoms with Gasteiger partial charge >= 0.3 is 6.03 Å². The van der Waals surface area contributed by atoms with Crippen molar-refractivity contribution >= 4 is 6.03 Å². The zero-order chi connectivity index (χ0) is 12.3. The summed E-state index contributed by atoms with van der Waals surface area (Å²) in [6.07, 6.45) is 1.86. The van der Waals surface area contributed by atoms with Crippen LogP contribution < -0.4 is 16.4 Å². The molecule has 0 saturated carbocycles. The highest BCUT2D eigenvalue weighted by Crippen LogP contribution is 2.31. The Morgan fingerprint density at radius 3 is 3.06 bits per heavy atom. The maximum Gasteiger partial charge on any atom is 0.312 e. The fraction of sp³-hybridized carbons (Fsp3) is 0.417. The third kappa shape index (κ3) is 2.94. The number of rotatable bonds is 4. The first kappa shape index (κ1) is 11.9. The number of carbonyl (C=O) groups excluding carboxylic acids is 1. The minimum absolute atomic E-state index is 0.181. The molecule has 0 heterocycles. The van der Waals surface area contributed by atoms with E-state index in [4.69, 9.17) is 5.73 Å². The molecule has 0 spiro atoms. The van der Waals surface area contributed by atoms with Crippen LogP contribution in [0.2, 0.25) is 0 Å². The lowest BCUT2D eigenvalue weighted by atomic mass is 10.1. The lowest BCUT2D eigenvalue weighted by Gasteiger charge is -2.13. The zero-order valence-corrected chi connectivity index (χ0v) is 9.50. The Hall–Kier alpha value is -1.62. The van der Waals surface area contributed by atoms with Crippen LogP contribution in [-0.2, 0) is 6.42 Å². The first-order valence-corrected chi connectivity index (χ1v) is 5.72. The number of carbonyl (C=O) groups is 1. The molecule has 2 amide bonds. The number of primary amides is 1. The Bertz CT molecular complexity index is 422. The standard InChI is InChI=1S/C12H16FN3O/c13-9-2-3-10-8(7-9)1-4-11(10)15-5-6-16-12(14)17/h2-3,7,11,15H,1,4-6H2,(H3,14,16,17). The highest BCUT2D eigenvalue weighted by molar-refractivity contribution is 5.71. The minimum atomic E-state index is -0.513. The average molecular weight is 237 g/mol. The number of fused-ring (bicyclic) bond motifs is 1. The topological polar surface area (TPSA) is 67.2 Å². The van der Waals surface area contributed by atoms with Crippen LogP contribution in [0.4, 0.5) is 9.18 Å². The van der Waals surface area contributed by atoms with E-state index in [-0.39, 0.29) is 11.9 Å². The van der Waals surface area contributed by atoms with Crippen LogP contribution in [0.15, 0.2) is 18.2 Å². The molecule has 4 N–H and O–H groups in total. The molecule has 1 atom stereocenters. The van der Waals surface area contributed by atoms with Gasteiger partial charge < -0.3 is 16.4 Å². The summed E-state index contributed by atoms with van der Waals surface area (Å²) in [4.78, 5) is 10.5. The molecule has 0 radical (unpaired) electrons. The van der Waals surface area contributed by atoms with E-state index in [0.29, 0.717) is 13.1 Å². The minimum Gasteiger partial charge on any atom is -0.352 e. The van der Waals surface area contributed by atoms with Gasteiger partial charge in [0, 0.05) is 19.1 Å². The maximum absolute atomic E-state index is 13.0. The Kier molecular flexibility index (Phi) is 3.58. The quantitative estimate of drug-likeness (QED) is 0.686. The van der Waals surface area contributed by atoms with Crippen LogP contribution in [-0.4, -0.2) is 19.1 Å². The van der Waals surface area contributed by atoms with Gasteiger partial charge in [0.05, 0.1) is 0 Å². The van der Waals surface area contributed by atoms with E-state index in [0.717, 1.165) is 24.0 Å². The van der Waals surface area contributed by atoms with Crippen molar-refractivity contribution < 1.29 is 9.18 Å². The van der Waals surface area contributed by atoms with Gasteiger partial charge in [0.1, 0.15) is 5.82 Å². The summed E-state index contributed by atoms with van der Waals surface area (Å²) in [5.41, 5.74) is 7.19. The highest BCUT2D eigenvalue weighted by Gasteiger charge is 2.21. The third-order valence-electron chi connectivity index (χ3n) is 3.00. The van der Waals surface area contributed by atoms with Crippen LogP contribution in [0, 0.1) is 5.82 Å². The Morgan fingerprint density at radius 1 is 1.47 bits per heavy atom. The highest BCUT2D eigenvalue weighted by atomic mass is 19.1. The molecule has 0 aliphatic heterocycles. The molecule has 1 aromatic rings. The van der Waals surface area contributed by atoms with Crippen LogP contribution in [0.25, 0.3) is 0 Å². The molecule has 4 nitrogen and oxygen atoms in total. The van der Waals surface area contributed by atoms with Gasteiger partial charge in [-0.15, -0.1) is 0 Å². The second kappa shape index (κ2) is 5.14. The lowest BCUT2D eigenvalue weighted by molar-refractivity contribution is 0.249. The smallest absolute Gasteiger partial charge is 0.312 e. The molecule has 0 fully saturated rings. The number of urea groups is 1. The van der Waals surface area contributed by atoms with E-state index in [1.165, 1.54) is 6.07 Å². The number of hydrogen-bond donors (Lipinski definition) is 3. The van der Waals surface area contributed by atoms with Crippen LogP contribution in [0.1, 0.15) is 23.6 Å². The SMILES string of the molecule is NC(=O)NCCNC1CCc2cc(F)ccc21. The normalized spacial score (nSPS) is 17.8. The summed E-state index contributed by atoms with van der Waals surface area (Å²) in [6.45, 7) is 1.16. The number of nitrogens with two attached hydrogens (primary N) is 1. The van der Waals surface area contributed by atoms with Crippen molar-refractivity contribution in [1.82, 2.24) is 10.6 Å². The third-order valence-corrected chi connectivity index (χ3v) is 3.00. The monoisotopic (exact) mass is 237 g/mol. The summed E-state index contributed by atoms with van der Waals surface area (Å²) in [6, 6.07) is 4.65. The number of benzene rings is 1. The van der Waals surface area contributed by atoms with Crippen LogP contribution in [0.3, 0.4) is 0 Å². The molecule has 5 heteroatoms. The molecular formula is C12H16FN3O. The van der Waals surface area contributed by atoms with Gasteiger partial charge in [0.2, 0.25) is 0 Å². The Balaban J connectivity index is 1.87. The molecule has 1 aliphatic rings. The van der Waals surface area contributed by atoms with E-state index in [1.54, 1.807) is 6.07 Å². The number of nitrogens with one attached hydrogen (secondary N) is 2. The molecule has 1 aromatic carbocycles. The Morgan fingerprint density at radius 2 is 2.29 bits per heavy atom. The van der Waals surface area contributed by atoms with Gasteiger partial charge in [0.25, 0.3) is 0 Å². The predicted molar refractivity (Wildman–Crippen MR) is 63.1 cm³/mol. The molecule has 0 bridgehead atoms. The van der Waals surface area contributed by atoms with Gasteiger partial charge in [-0.1, -0.05) is 6.07 Å². The summed E-state index contributed by atoms with van der Waals surface area (Å²) >= 11 is 0. The van der Waals surface area contributed by atoms with Gasteiger partial charge in [-0.05, 0) is 36.1 Å². The van der Waals surface area contributed by atoms with Gasteiger partial charge in [-0.25, -0.2) is 9.18 Å². The number of halogens is 1. The molecular weight excluding hydrogens is 221 g/mol. The lowest BCUT2D eigenvalue weighted by Crippen LogP contribution is -2.36. The van der Waals surface area contributed by atoms with Crippen molar-refractivity contribution in [3.05, 3.63) is 35.1 Å². The van der Waals surface area contributed by atoms with Crippen molar-refractivity contribution in [3.63, 3.8) is 0 Å². The molecule has 17 heavy (non-hydrogen) atoms. The molecule has 92 valence electrons. The van der Waals surface area contributed by atoms with Crippen LogP contribution >= 0.6 is 0 Å². The first-order valence-electron chi connectivity index (χ1n) is 5.72. The van der Waals surface area contributed by atoms with Gasteiger partial charge in [-0.3, -0.25) is 0 Å². The van der Waals surface area contributed by atoms with E-state index in [1.807, 2.05) is 6.07 Å². The van der Waals surface area contributed by atoms with E-state index in [2.05, 4.69) is 10.6 Å². The fourth-order valence-electron chi connectivity index (χ4n) is 2.23. The largest absolute Gasteiger partial charge is 0.352 e. The summed E-state index contributed by atoms with van der Waals surface area (Å²) in [5.74, 6) is -0.181. The predicted octanol–water partition coefficient (Wildman–Crippen LogP) is 1.07. The first-order chi connectivity index (χ1) is 8.16. The summed E-state index contributed by atoms with van der Waals surface area (Å²) < 4.78 is 13.0. The summed E-state index contributed by atoms with van der Waals surface area (Å²) in [7, 11) is 0. The van der Waals surface area contributed by atoms with Crippen molar-refractivity contribution in [2.45, 2.75) is 18.9 Å². The van der Waals surface area contributed by atoms with Gasteiger partial charge in [0.15, 0.2) is 0 Å². The van der Waals surface area contributed by atoms with E-state index in [9.17, 15) is 9.18 Å². The molecule has 0 saturated heterocycles. The second-order valence-corrected chi connectivity index (χ2v) is 4.18. The number of amides is 2.